The molecule has 1 N–H and O–H groups in total. The summed E-state index contributed by atoms with van der Waals surface area (Å²) < 4.78 is 0.743. The number of rotatable bonds is 8. The summed E-state index contributed by atoms with van der Waals surface area (Å²) in [4.78, 5) is 6.65. The van der Waals surface area contributed by atoms with Gasteiger partial charge >= 0.3 is 0 Å². The van der Waals surface area contributed by atoms with Crippen molar-refractivity contribution in [1.29, 1.82) is 0 Å². The Balaban J connectivity index is 1.79. The predicted molar refractivity (Wildman–Crippen MR) is 90.7 cm³/mol. The Bertz CT molecular complexity index is 535. The number of aromatic nitrogens is 1. The highest BCUT2D eigenvalue weighted by Crippen LogP contribution is 2.18. The van der Waals surface area contributed by atoms with Gasteiger partial charge in [0.1, 0.15) is 9.34 Å². The van der Waals surface area contributed by atoms with Crippen molar-refractivity contribution in [2.45, 2.75) is 33.5 Å². The van der Waals surface area contributed by atoms with Gasteiger partial charge in [0, 0.05) is 19.6 Å². The predicted octanol–water partition coefficient (Wildman–Crippen LogP) is 3.93. The van der Waals surface area contributed by atoms with Crippen molar-refractivity contribution in [1.82, 2.24) is 15.2 Å². The normalized spacial score (nSPS) is 11.2. The zero-order valence-electron chi connectivity index (χ0n) is 12.6. The van der Waals surface area contributed by atoms with Crippen LogP contribution in [0.15, 0.2) is 30.5 Å². The second-order valence-corrected chi connectivity index (χ2v) is 6.69. The van der Waals surface area contributed by atoms with E-state index >= 15 is 0 Å². The topological polar surface area (TPSA) is 28.2 Å². The first-order valence-electron chi connectivity index (χ1n) is 7.32. The number of thiazole rings is 1. The molecular formula is C16H22ClN3S. The van der Waals surface area contributed by atoms with Crippen molar-refractivity contribution in [3.8, 4) is 0 Å². The van der Waals surface area contributed by atoms with E-state index in [2.05, 4.69) is 53.3 Å². The molecule has 2 aromatic rings. The summed E-state index contributed by atoms with van der Waals surface area (Å²) >= 11 is 7.39. The van der Waals surface area contributed by atoms with E-state index in [4.69, 9.17) is 11.6 Å². The maximum absolute atomic E-state index is 5.86. The van der Waals surface area contributed by atoms with E-state index in [-0.39, 0.29) is 0 Å². The molecule has 0 fully saturated rings. The minimum Gasteiger partial charge on any atom is -0.306 e. The Labute approximate surface area is 136 Å². The van der Waals surface area contributed by atoms with Gasteiger partial charge in [0.2, 0.25) is 0 Å². The van der Waals surface area contributed by atoms with Crippen molar-refractivity contribution in [2.24, 2.45) is 0 Å². The molecule has 0 bridgehead atoms. The highest BCUT2D eigenvalue weighted by atomic mass is 35.5. The first-order valence-corrected chi connectivity index (χ1v) is 8.51. The van der Waals surface area contributed by atoms with Gasteiger partial charge in [0.15, 0.2) is 0 Å². The van der Waals surface area contributed by atoms with Crippen LogP contribution >= 0.6 is 22.9 Å². The smallest absolute Gasteiger partial charge is 0.113 e. The number of nitrogens with zero attached hydrogens (tertiary/aromatic N) is 2. The quantitative estimate of drug-likeness (QED) is 0.798. The molecule has 3 nitrogen and oxygen atoms in total. The minimum absolute atomic E-state index is 0.743. The van der Waals surface area contributed by atoms with E-state index in [9.17, 15) is 0 Å². The van der Waals surface area contributed by atoms with Crippen molar-refractivity contribution < 1.29 is 0 Å². The maximum atomic E-state index is 5.86. The third kappa shape index (κ3) is 5.40. The van der Waals surface area contributed by atoms with E-state index < -0.39 is 0 Å². The summed E-state index contributed by atoms with van der Waals surface area (Å²) in [5, 5.41) is 4.42. The molecule has 0 amide bonds. The molecule has 0 aliphatic carbocycles. The van der Waals surface area contributed by atoms with Gasteiger partial charge in [-0.3, -0.25) is 4.90 Å². The highest BCUT2D eigenvalue weighted by Gasteiger charge is 2.02. The lowest BCUT2D eigenvalue weighted by Crippen LogP contribution is -2.22. The Hall–Kier alpha value is -0.940. The molecule has 0 radical (unpaired) electrons. The zero-order valence-corrected chi connectivity index (χ0v) is 14.2. The average molecular weight is 324 g/mol. The van der Waals surface area contributed by atoms with Gasteiger partial charge in [0.05, 0.1) is 6.20 Å². The fourth-order valence-corrected chi connectivity index (χ4v) is 3.08. The molecule has 114 valence electrons. The van der Waals surface area contributed by atoms with Gasteiger partial charge < -0.3 is 5.32 Å². The second-order valence-electron chi connectivity index (χ2n) is 4.94. The first-order chi connectivity index (χ1) is 10.2. The Morgan fingerprint density at radius 2 is 1.76 bits per heavy atom. The SMILES string of the molecule is CCN(CC)Cc1ccc(CNCc2ncc(Cl)s2)cc1. The number of hydrogen-bond acceptors (Lipinski definition) is 4. The van der Waals surface area contributed by atoms with E-state index in [1.165, 1.54) is 22.5 Å². The molecule has 0 saturated heterocycles. The molecule has 1 aromatic heterocycles. The molecule has 5 heteroatoms. The molecular weight excluding hydrogens is 302 g/mol. The minimum atomic E-state index is 0.743. The van der Waals surface area contributed by atoms with Gasteiger partial charge in [-0.1, -0.05) is 49.7 Å². The third-order valence-corrected chi connectivity index (χ3v) is 4.57. The third-order valence-electron chi connectivity index (χ3n) is 3.45. The first kappa shape index (κ1) is 16.4. The fourth-order valence-electron chi connectivity index (χ4n) is 2.15. The van der Waals surface area contributed by atoms with Crippen LogP contribution in [-0.2, 0) is 19.6 Å². The molecule has 0 aliphatic heterocycles. The fraction of sp³-hybridized carbons (Fsp3) is 0.438. The largest absolute Gasteiger partial charge is 0.306 e. The van der Waals surface area contributed by atoms with Crippen LogP contribution in [-0.4, -0.2) is 23.0 Å². The summed E-state index contributed by atoms with van der Waals surface area (Å²) in [6.45, 7) is 9.23. The van der Waals surface area contributed by atoms with Crippen molar-refractivity contribution in [3.05, 3.63) is 50.9 Å². The van der Waals surface area contributed by atoms with Gasteiger partial charge in [-0.05, 0) is 24.2 Å². The lowest BCUT2D eigenvalue weighted by atomic mass is 10.1. The highest BCUT2D eigenvalue weighted by molar-refractivity contribution is 7.15. The van der Waals surface area contributed by atoms with Crippen LogP contribution in [0.1, 0.15) is 30.0 Å². The van der Waals surface area contributed by atoms with E-state index in [0.717, 1.165) is 42.1 Å². The summed E-state index contributed by atoms with van der Waals surface area (Å²) in [6.07, 6.45) is 1.70. The van der Waals surface area contributed by atoms with Gasteiger partial charge in [-0.2, -0.15) is 0 Å². The molecule has 0 saturated carbocycles. The Morgan fingerprint density at radius 3 is 2.33 bits per heavy atom. The van der Waals surface area contributed by atoms with Crippen LogP contribution < -0.4 is 5.32 Å². The van der Waals surface area contributed by atoms with Gasteiger partial charge in [0.25, 0.3) is 0 Å². The average Bonchev–Trinajstić information content (AvgIpc) is 2.92. The van der Waals surface area contributed by atoms with Crippen LogP contribution in [0.5, 0.6) is 0 Å². The summed E-state index contributed by atoms with van der Waals surface area (Å²) in [5.74, 6) is 0. The number of benzene rings is 1. The second kappa shape index (κ2) is 8.49. The number of nitrogens with one attached hydrogen (secondary N) is 1. The van der Waals surface area contributed by atoms with Gasteiger partial charge in [-0.15, -0.1) is 11.3 Å². The Morgan fingerprint density at radius 1 is 1.10 bits per heavy atom. The lowest BCUT2D eigenvalue weighted by Gasteiger charge is -2.18. The molecule has 0 atom stereocenters. The molecule has 1 aromatic carbocycles. The molecule has 0 spiro atoms. The monoisotopic (exact) mass is 323 g/mol. The van der Waals surface area contributed by atoms with Crippen molar-refractivity contribution in [3.63, 3.8) is 0 Å². The van der Waals surface area contributed by atoms with Gasteiger partial charge in [-0.25, -0.2) is 4.98 Å². The van der Waals surface area contributed by atoms with Crippen molar-refractivity contribution >= 4 is 22.9 Å². The van der Waals surface area contributed by atoms with Crippen LogP contribution in [0, 0.1) is 0 Å². The maximum Gasteiger partial charge on any atom is 0.113 e. The van der Waals surface area contributed by atoms with E-state index in [0.29, 0.717) is 0 Å². The zero-order chi connectivity index (χ0) is 15.1. The molecule has 2 rings (SSSR count). The molecule has 21 heavy (non-hydrogen) atoms. The van der Waals surface area contributed by atoms with Crippen LogP contribution in [0.4, 0.5) is 0 Å². The molecule has 0 aliphatic rings. The Kier molecular flexibility index (Phi) is 6.64. The summed E-state index contributed by atoms with van der Waals surface area (Å²) in [7, 11) is 0. The number of halogens is 1. The number of hydrogen-bond donors (Lipinski definition) is 1. The van der Waals surface area contributed by atoms with E-state index in [1.54, 1.807) is 6.20 Å². The summed E-state index contributed by atoms with van der Waals surface area (Å²) in [6, 6.07) is 8.83. The lowest BCUT2D eigenvalue weighted by molar-refractivity contribution is 0.296. The van der Waals surface area contributed by atoms with Crippen LogP contribution in [0.3, 0.4) is 0 Å². The van der Waals surface area contributed by atoms with Crippen LogP contribution in [0.25, 0.3) is 0 Å². The standard InChI is InChI=1S/C16H22ClN3S/c1-3-20(4-2)12-14-7-5-13(6-8-14)9-18-11-16-19-10-15(17)21-16/h5-8,10,18H,3-4,9,11-12H2,1-2H3. The van der Waals surface area contributed by atoms with E-state index in [1.807, 2.05) is 0 Å². The molecule has 1 heterocycles. The van der Waals surface area contributed by atoms with Crippen molar-refractivity contribution in [2.75, 3.05) is 13.1 Å². The molecule has 0 unspecified atom stereocenters. The van der Waals surface area contributed by atoms with Crippen LogP contribution in [0.2, 0.25) is 4.34 Å². The summed E-state index contributed by atoms with van der Waals surface area (Å²) in [5.41, 5.74) is 2.66.